The smallest absolute Gasteiger partial charge is 0.224 e. The lowest BCUT2D eigenvalue weighted by atomic mass is 10.1. The first-order valence-electron chi connectivity index (χ1n) is 8.37. The van der Waals surface area contributed by atoms with Gasteiger partial charge in [-0.05, 0) is 31.0 Å². The molecule has 0 aromatic carbocycles. The van der Waals surface area contributed by atoms with Crippen LogP contribution >= 0.6 is 11.3 Å². The Morgan fingerprint density at radius 3 is 2.81 bits per heavy atom. The van der Waals surface area contributed by atoms with E-state index >= 15 is 0 Å². The summed E-state index contributed by atoms with van der Waals surface area (Å²) in [6.45, 7) is 3.54. The van der Waals surface area contributed by atoms with Crippen molar-refractivity contribution in [1.82, 2.24) is 19.9 Å². The van der Waals surface area contributed by atoms with E-state index in [-0.39, 0.29) is 6.04 Å². The van der Waals surface area contributed by atoms with Crippen molar-refractivity contribution in [2.24, 2.45) is 0 Å². The predicted molar refractivity (Wildman–Crippen MR) is 99.2 cm³/mol. The number of thiophene rings is 1. The molecule has 136 valence electrons. The monoisotopic (exact) mass is 374 g/mol. The molecule has 4 rings (SSSR count). The minimum atomic E-state index is -0.793. The van der Waals surface area contributed by atoms with Crippen molar-refractivity contribution >= 4 is 32.5 Å². The van der Waals surface area contributed by atoms with E-state index in [1.165, 1.54) is 17.4 Å². The first kappa shape index (κ1) is 17.1. The molecule has 0 radical (unpaired) electrons. The van der Waals surface area contributed by atoms with Gasteiger partial charge in [0, 0.05) is 19.3 Å². The van der Waals surface area contributed by atoms with Gasteiger partial charge >= 0.3 is 0 Å². The summed E-state index contributed by atoms with van der Waals surface area (Å²) in [5.74, 6) is -0.0337. The van der Waals surface area contributed by atoms with E-state index < -0.39 is 12.0 Å². The number of hydrogen-bond acceptors (Lipinski definition) is 8. The van der Waals surface area contributed by atoms with E-state index in [9.17, 15) is 9.50 Å². The van der Waals surface area contributed by atoms with Crippen molar-refractivity contribution in [3.8, 4) is 0 Å². The molecule has 0 amide bonds. The molecule has 1 fully saturated rings. The average molecular weight is 374 g/mol. The highest BCUT2D eigenvalue weighted by Crippen LogP contribution is 2.35. The fourth-order valence-corrected chi connectivity index (χ4v) is 3.78. The van der Waals surface area contributed by atoms with Gasteiger partial charge in [0.2, 0.25) is 5.95 Å². The lowest BCUT2D eigenvalue weighted by Crippen LogP contribution is -2.40. The number of fused-ring (bicyclic) bond motifs is 1. The molecular formula is C17H19FN6OS. The minimum absolute atomic E-state index is 0.249. The second-order valence-electron chi connectivity index (χ2n) is 6.36. The molecule has 1 aliphatic heterocycles. The zero-order valence-electron chi connectivity index (χ0n) is 14.2. The van der Waals surface area contributed by atoms with E-state index in [1.807, 2.05) is 11.8 Å². The van der Waals surface area contributed by atoms with Crippen LogP contribution in [0.25, 0.3) is 10.2 Å². The number of rotatable bonds is 5. The van der Waals surface area contributed by atoms with Crippen molar-refractivity contribution in [2.45, 2.75) is 25.6 Å². The Morgan fingerprint density at radius 1 is 1.31 bits per heavy atom. The van der Waals surface area contributed by atoms with Crippen LogP contribution in [0, 0.1) is 5.82 Å². The van der Waals surface area contributed by atoms with Crippen LogP contribution in [0.5, 0.6) is 0 Å². The van der Waals surface area contributed by atoms with E-state index in [0.29, 0.717) is 27.7 Å². The molecule has 4 heterocycles. The maximum absolute atomic E-state index is 13.4. The van der Waals surface area contributed by atoms with E-state index in [4.69, 9.17) is 5.73 Å². The number of nitrogens with two attached hydrogens (primary N) is 1. The molecule has 2 unspecified atom stereocenters. The Morgan fingerprint density at radius 2 is 2.12 bits per heavy atom. The summed E-state index contributed by atoms with van der Waals surface area (Å²) in [6.07, 6.45) is 3.03. The Labute approximate surface area is 153 Å². The van der Waals surface area contributed by atoms with E-state index in [2.05, 4.69) is 20.3 Å². The topological polar surface area (TPSA) is 100 Å². The number of likely N-dealkylation sites (tertiary alicyclic amines) is 1. The fourth-order valence-electron chi connectivity index (χ4n) is 2.91. The number of nitrogen functional groups attached to an aromatic ring is 1. The molecule has 4 N–H and O–H groups in total. The molecule has 0 spiro atoms. The van der Waals surface area contributed by atoms with Crippen molar-refractivity contribution in [3.63, 3.8) is 0 Å². The van der Waals surface area contributed by atoms with Gasteiger partial charge in [-0.1, -0.05) is 0 Å². The molecule has 2 atom stereocenters. The van der Waals surface area contributed by atoms with Gasteiger partial charge in [0.1, 0.15) is 11.5 Å². The van der Waals surface area contributed by atoms with Crippen molar-refractivity contribution in [1.29, 1.82) is 0 Å². The minimum Gasteiger partial charge on any atom is -0.391 e. The van der Waals surface area contributed by atoms with Gasteiger partial charge in [0.05, 0.1) is 27.5 Å². The van der Waals surface area contributed by atoms with Crippen LogP contribution in [-0.2, 0) is 0 Å². The zero-order chi connectivity index (χ0) is 18.3. The van der Waals surface area contributed by atoms with Gasteiger partial charge in [-0.3, -0.25) is 9.88 Å². The molecule has 1 aliphatic rings. The molecule has 26 heavy (non-hydrogen) atoms. The Hall–Kier alpha value is -2.36. The number of nitrogens with zero attached hydrogens (tertiary/aromatic N) is 4. The molecule has 7 nitrogen and oxygen atoms in total. The predicted octanol–water partition coefficient (Wildman–Crippen LogP) is 2.68. The van der Waals surface area contributed by atoms with E-state index in [0.717, 1.165) is 30.4 Å². The van der Waals surface area contributed by atoms with Crippen LogP contribution in [0.3, 0.4) is 0 Å². The number of pyridine rings is 1. The number of aliphatic hydroxyl groups is 1. The normalized spacial score (nSPS) is 17.0. The second kappa shape index (κ2) is 6.75. The number of halogens is 1. The fraction of sp³-hybridized carbons (Fsp3) is 0.353. The zero-order valence-corrected chi connectivity index (χ0v) is 15.0. The first-order chi connectivity index (χ1) is 12.5. The van der Waals surface area contributed by atoms with Crippen LogP contribution in [0.4, 0.5) is 15.3 Å². The van der Waals surface area contributed by atoms with Gasteiger partial charge in [-0.15, -0.1) is 11.3 Å². The Kier molecular flexibility index (Phi) is 4.43. The average Bonchev–Trinajstić information content (AvgIpc) is 2.92. The molecule has 3 aromatic rings. The standard InChI is InChI=1S/C17H19FN6OS/c1-9(10-5-11(18)8-20-7-10)21-17-22-12-6-13(19)26-15(12)14(23-17)16(25)24-3-2-4-24/h5-9,16,25H,2-4,19H2,1H3,(H,21,22,23). The number of aromatic nitrogens is 3. The Balaban J connectivity index is 1.68. The highest BCUT2D eigenvalue weighted by molar-refractivity contribution is 7.22. The SMILES string of the molecule is CC(Nc1nc(C(O)N2CCC2)c2sc(N)cc2n1)c1cncc(F)c1. The van der Waals surface area contributed by atoms with Crippen LogP contribution in [0.1, 0.15) is 36.9 Å². The number of hydrogen-bond donors (Lipinski definition) is 3. The van der Waals surface area contributed by atoms with Crippen LogP contribution < -0.4 is 11.1 Å². The Bertz CT molecular complexity index is 944. The molecule has 0 aliphatic carbocycles. The maximum Gasteiger partial charge on any atom is 0.224 e. The largest absolute Gasteiger partial charge is 0.391 e. The lowest BCUT2D eigenvalue weighted by Gasteiger charge is -2.34. The summed E-state index contributed by atoms with van der Waals surface area (Å²) < 4.78 is 14.2. The van der Waals surface area contributed by atoms with E-state index in [1.54, 1.807) is 12.3 Å². The van der Waals surface area contributed by atoms with Crippen molar-refractivity contribution in [3.05, 3.63) is 41.6 Å². The van der Waals surface area contributed by atoms with Crippen LogP contribution in [0.15, 0.2) is 24.5 Å². The molecule has 0 bridgehead atoms. The van der Waals surface area contributed by atoms with Gasteiger partial charge in [0.25, 0.3) is 0 Å². The summed E-state index contributed by atoms with van der Waals surface area (Å²) in [5.41, 5.74) is 7.84. The van der Waals surface area contributed by atoms with Crippen LogP contribution in [0.2, 0.25) is 0 Å². The van der Waals surface area contributed by atoms with Gasteiger partial charge in [0.15, 0.2) is 6.23 Å². The van der Waals surface area contributed by atoms with Crippen molar-refractivity contribution < 1.29 is 9.50 Å². The number of nitrogens with one attached hydrogen (secondary N) is 1. The highest BCUT2D eigenvalue weighted by Gasteiger charge is 2.27. The molecular weight excluding hydrogens is 355 g/mol. The summed E-state index contributed by atoms with van der Waals surface area (Å²) in [6, 6.07) is 2.94. The number of anilines is 2. The van der Waals surface area contributed by atoms with Gasteiger partial charge in [-0.2, -0.15) is 0 Å². The molecule has 0 saturated carbocycles. The third-order valence-electron chi connectivity index (χ3n) is 4.47. The van der Waals surface area contributed by atoms with Crippen LogP contribution in [-0.4, -0.2) is 38.0 Å². The van der Waals surface area contributed by atoms with Gasteiger partial charge < -0.3 is 16.2 Å². The third kappa shape index (κ3) is 3.20. The molecule has 3 aromatic heterocycles. The molecule has 1 saturated heterocycles. The summed E-state index contributed by atoms with van der Waals surface area (Å²) in [4.78, 5) is 14.8. The molecule has 9 heteroatoms. The summed E-state index contributed by atoms with van der Waals surface area (Å²) >= 11 is 1.36. The van der Waals surface area contributed by atoms with Gasteiger partial charge in [-0.25, -0.2) is 14.4 Å². The number of aliphatic hydroxyl groups excluding tert-OH is 1. The third-order valence-corrected chi connectivity index (χ3v) is 5.45. The maximum atomic E-state index is 13.4. The van der Waals surface area contributed by atoms with Crippen molar-refractivity contribution in [2.75, 3.05) is 24.1 Å². The summed E-state index contributed by atoms with van der Waals surface area (Å²) in [5, 5.41) is 14.5. The first-order valence-corrected chi connectivity index (χ1v) is 9.19. The summed E-state index contributed by atoms with van der Waals surface area (Å²) in [7, 11) is 0. The quantitative estimate of drug-likeness (QED) is 0.631. The lowest BCUT2D eigenvalue weighted by molar-refractivity contribution is -0.0381. The highest BCUT2D eigenvalue weighted by atomic mass is 32.1. The second-order valence-corrected chi connectivity index (χ2v) is 7.45.